The number of pyridine rings is 1. The summed E-state index contributed by atoms with van der Waals surface area (Å²) in [7, 11) is 0. The maximum absolute atomic E-state index is 10.0. The van der Waals surface area contributed by atoms with E-state index in [4.69, 9.17) is 5.26 Å². The quantitative estimate of drug-likeness (QED) is 0.809. The molecule has 1 atom stereocenters. The van der Waals surface area contributed by atoms with E-state index in [-0.39, 0.29) is 5.92 Å². The number of rotatable bonds is 4. The average molecular weight is 219 g/mol. The first kappa shape index (κ1) is 12.5. The smallest absolute Gasteiger partial charge is 0.126 e. The van der Waals surface area contributed by atoms with Crippen molar-refractivity contribution in [1.29, 1.82) is 5.26 Å². The van der Waals surface area contributed by atoms with Crippen molar-refractivity contribution in [3.8, 4) is 6.07 Å². The molecule has 0 saturated carbocycles. The number of nitrogens with zero attached hydrogens (tertiary/aromatic N) is 2. The van der Waals surface area contributed by atoms with Crippen LogP contribution in [0.4, 0.5) is 5.82 Å². The summed E-state index contributed by atoms with van der Waals surface area (Å²) in [4.78, 5) is 4.07. The van der Waals surface area contributed by atoms with Crippen molar-refractivity contribution in [1.82, 2.24) is 4.98 Å². The number of aliphatic hydroxyl groups is 1. The van der Waals surface area contributed by atoms with Crippen LogP contribution < -0.4 is 5.32 Å². The average Bonchev–Trinajstić information content (AvgIpc) is 2.27. The summed E-state index contributed by atoms with van der Waals surface area (Å²) in [6, 6.07) is 5.43. The summed E-state index contributed by atoms with van der Waals surface area (Å²) >= 11 is 0. The maximum atomic E-state index is 10.0. The number of hydrogen-bond acceptors (Lipinski definition) is 4. The van der Waals surface area contributed by atoms with E-state index in [1.54, 1.807) is 19.1 Å². The molecule has 1 aromatic rings. The molecular formula is C12H17N3O. The summed E-state index contributed by atoms with van der Waals surface area (Å²) in [5, 5.41) is 21.7. The molecule has 0 fully saturated rings. The highest BCUT2D eigenvalue weighted by Gasteiger charge is 2.24. The van der Waals surface area contributed by atoms with Gasteiger partial charge in [0.15, 0.2) is 0 Å². The van der Waals surface area contributed by atoms with Gasteiger partial charge < -0.3 is 10.4 Å². The maximum Gasteiger partial charge on any atom is 0.126 e. The number of aromatic nitrogens is 1. The van der Waals surface area contributed by atoms with Gasteiger partial charge >= 0.3 is 0 Å². The van der Waals surface area contributed by atoms with Crippen LogP contribution in [-0.2, 0) is 0 Å². The summed E-state index contributed by atoms with van der Waals surface area (Å²) in [5.41, 5.74) is -0.239. The third kappa shape index (κ3) is 3.21. The first-order chi connectivity index (χ1) is 7.45. The van der Waals surface area contributed by atoms with Crippen molar-refractivity contribution in [3.63, 3.8) is 0 Å². The van der Waals surface area contributed by atoms with E-state index in [2.05, 4.69) is 10.3 Å². The van der Waals surface area contributed by atoms with E-state index in [1.165, 1.54) is 6.20 Å². The first-order valence-corrected chi connectivity index (χ1v) is 5.28. The SMILES string of the molecule is CC(C)C(C)(O)CNc1ccc(C#N)cn1. The number of hydrogen-bond donors (Lipinski definition) is 2. The third-order valence-corrected chi connectivity index (χ3v) is 2.76. The highest BCUT2D eigenvalue weighted by Crippen LogP contribution is 2.16. The molecule has 0 saturated heterocycles. The van der Waals surface area contributed by atoms with Gasteiger partial charge in [0.25, 0.3) is 0 Å². The van der Waals surface area contributed by atoms with E-state index in [0.717, 1.165) is 0 Å². The number of anilines is 1. The Kier molecular flexibility index (Phi) is 3.86. The zero-order valence-electron chi connectivity index (χ0n) is 9.86. The van der Waals surface area contributed by atoms with Crippen LogP contribution in [0, 0.1) is 17.2 Å². The van der Waals surface area contributed by atoms with Crippen LogP contribution in [0.25, 0.3) is 0 Å². The molecule has 0 aliphatic carbocycles. The third-order valence-electron chi connectivity index (χ3n) is 2.76. The molecule has 86 valence electrons. The van der Waals surface area contributed by atoms with Gasteiger partial charge in [0.1, 0.15) is 11.9 Å². The highest BCUT2D eigenvalue weighted by atomic mass is 16.3. The molecule has 16 heavy (non-hydrogen) atoms. The molecule has 4 nitrogen and oxygen atoms in total. The summed E-state index contributed by atoms with van der Waals surface area (Å²) in [6.07, 6.45) is 1.51. The fraction of sp³-hybridized carbons (Fsp3) is 0.500. The Morgan fingerprint density at radius 1 is 1.56 bits per heavy atom. The molecule has 0 radical (unpaired) electrons. The Balaban J connectivity index is 2.59. The van der Waals surface area contributed by atoms with E-state index >= 15 is 0 Å². The molecule has 1 unspecified atom stereocenters. The van der Waals surface area contributed by atoms with Crippen LogP contribution >= 0.6 is 0 Å². The zero-order valence-corrected chi connectivity index (χ0v) is 9.86. The van der Waals surface area contributed by atoms with Crippen molar-refractivity contribution >= 4 is 5.82 Å². The van der Waals surface area contributed by atoms with Crippen molar-refractivity contribution < 1.29 is 5.11 Å². The van der Waals surface area contributed by atoms with Gasteiger partial charge in [-0.05, 0) is 25.0 Å². The minimum absolute atomic E-state index is 0.165. The van der Waals surface area contributed by atoms with Gasteiger partial charge in [0.05, 0.1) is 11.2 Å². The summed E-state index contributed by atoms with van der Waals surface area (Å²) < 4.78 is 0. The summed E-state index contributed by atoms with van der Waals surface area (Å²) in [5.74, 6) is 0.832. The normalized spacial score (nSPS) is 14.2. The second-order valence-electron chi connectivity index (χ2n) is 4.41. The lowest BCUT2D eigenvalue weighted by atomic mass is 9.93. The molecule has 1 aromatic heterocycles. The van der Waals surface area contributed by atoms with E-state index < -0.39 is 5.60 Å². The Morgan fingerprint density at radius 3 is 2.69 bits per heavy atom. The Morgan fingerprint density at radius 2 is 2.25 bits per heavy atom. The fourth-order valence-corrected chi connectivity index (χ4v) is 1.04. The lowest BCUT2D eigenvalue weighted by Gasteiger charge is -2.28. The molecule has 0 spiro atoms. The lowest BCUT2D eigenvalue weighted by Crippen LogP contribution is -2.38. The van der Waals surface area contributed by atoms with Crippen molar-refractivity contribution in [2.24, 2.45) is 5.92 Å². The summed E-state index contributed by atoms with van der Waals surface area (Å²) in [6.45, 7) is 6.15. The van der Waals surface area contributed by atoms with Crippen LogP contribution in [0.2, 0.25) is 0 Å². The fourth-order valence-electron chi connectivity index (χ4n) is 1.04. The van der Waals surface area contributed by atoms with E-state index in [0.29, 0.717) is 17.9 Å². The van der Waals surface area contributed by atoms with E-state index in [1.807, 2.05) is 19.9 Å². The Labute approximate surface area is 95.9 Å². The lowest BCUT2D eigenvalue weighted by molar-refractivity contribution is 0.0265. The second kappa shape index (κ2) is 4.95. The highest BCUT2D eigenvalue weighted by molar-refractivity contribution is 5.39. The van der Waals surface area contributed by atoms with Gasteiger partial charge in [0, 0.05) is 12.7 Å². The minimum atomic E-state index is -0.768. The van der Waals surface area contributed by atoms with Gasteiger partial charge in [-0.25, -0.2) is 4.98 Å². The molecule has 0 bridgehead atoms. The van der Waals surface area contributed by atoms with Gasteiger partial charge in [-0.2, -0.15) is 5.26 Å². The standard InChI is InChI=1S/C12H17N3O/c1-9(2)12(3,16)8-15-11-5-4-10(6-13)7-14-11/h4-5,7,9,16H,8H2,1-3H3,(H,14,15). The Hall–Kier alpha value is -1.60. The zero-order chi connectivity index (χ0) is 12.2. The van der Waals surface area contributed by atoms with Crippen molar-refractivity contribution in [3.05, 3.63) is 23.9 Å². The molecule has 0 aliphatic heterocycles. The molecule has 1 rings (SSSR count). The predicted octanol–water partition coefficient (Wildman–Crippen LogP) is 1.77. The molecule has 0 amide bonds. The Bertz CT molecular complexity index is 376. The first-order valence-electron chi connectivity index (χ1n) is 5.28. The largest absolute Gasteiger partial charge is 0.388 e. The van der Waals surface area contributed by atoms with Gasteiger partial charge in [0.2, 0.25) is 0 Å². The number of nitriles is 1. The predicted molar refractivity (Wildman–Crippen MR) is 62.9 cm³/mol. The molecule has 2 N–H and O–H groups in total. The monoisotopic (exact) mass is 219 g/mol. The van der Waals surface area contributed by atoms with E-state index in [9.17, 15) is 5.11 Å². The van der Waals surface area contributed by atoms with Crippen LogP contribution in [0.15, 0.2) is 18.3 Å². The molecule has 1 heterocycles. The van der Waals surface area contributed by atoms with Crippen molar-refractivity contribution in [2.45, 2.75) is 26.4 Å². The molecule has 0 aliphatic rings. The van der Waals surface area contributed by atoms with Gasteiger partial charge in [-0.15, -0.1) is 0 Å². The van der Waals surface area contributed by atoms with Gasteiger partial charge in [-0.3, -0.25) is 0 Å². The van der Waals surface area contributed by atoms with Gasteiger partial charge in [-0.1, -0.05) is 13.8 Å². The van der Waals surface area contributed by atoms with Crippen LogP contribution in [0.3, 0.4) is 0 Å². The van der Waals surface area contributed by atoms with Crippen LogP contribution in [-0.4, -0.2) is 22.2 Å². The number of nitrogens with one attached hydrogen (secondary N) is 1. The minimum Gasteiger partial charge on any atom is -0.388 e. The molecular weight excluding hydrogens is 202 g/mol. The second-order valence-corrected chi connectivity index (χ2v) is 4.41. The molecule has 4 heteroatoms. The van der Waals surface area contributed by atoms with Crippen LogP contribution in [0.1, 0.15) is 26.3 Å². The van der Waals surface area contributed by atoms with Crippen molar-refractivity contribution in [2.75, 3.05) is 11.9 Å². The molecule has 0 aromatic carbocycles. The van der Waals surface area contributed by atoms with Crippen LogP contribution in [0.5, 0.6) is 0 Å². The topological polar surface area (TPSA) is 68.9 Å².